The Kier molecular flexibility index (Phi) is 5.72. The van der Waals surface area contributed by atoms with E-state index < -0.39 is 6.04 Å². The van der Waals surface area contributed by atoms with Crippen LogP contribution in [-0.2, 0) is 4.79 Å². The Morgan fingerprint density at radius 2 is 1.88 bits per heavy atom. The number of rotatable bonds is 6. The number of methoxy groups -OCH3 is 2. The van der Waals surface area contributed by atoms with Crippen molar-refractivity contribution in [2.75, 3.05) is 43.8 Å². The molecule has 0 aliphatic carbocycles. The first-order valence-corrected chi connectivity index (χ1v) is 10.1. The summed E-state index contributed by atoms with van der Waals surface area (Å²) in [4.78, 5) is 19.9. The molecule has 0 saturated carbocycles. The maximum absolute atomic E-state index is 13.6. The van der Waals surface area contributed by atoms with Crippen molar-refractivity contribution < 1.29 is 14.3 Å². The zero-order valence-electron chi connectivity index (χ0n) is 18.7. The fraction of sp³-hybridized carbons (Fsp3) is 0.261. The van der Waals surface area contributed by atoms with E-state index in [-0.39, 0.29) is 5.91 Å². The molecule has 0 bridgehead atoms. The molecule has 0 saturated heterocycles. The number of aromatic nitrogens is 3. The van der Waals surface area contributed by atoms with Crippen LogP contribution in [0.2, 0.25) is 0 Å². The van der Waals surface area contributed by atoms with Crippen LogP contribution in [0, 0.1) is 0 Å². The van der Waals surface area contributed by atoms with E-state index in [1.54, 1.807) is 37.1 Å². The van der Waals surface area contributed by atoms with Crippen LogP contribution in [0.5, 0.6) is 11.5 Å². The number of ether oxygens (including phenoxy) is 2. The molecule has 0 spiro atoms. The Labute approximate surface area is 186 Å². The van der Waals surface area contributed by atoms with E-state index >= 15 is 0 Å². The second kappa shape index (κ2) is 8.62. The van der Waals surface area contributed by atoms with Crippen LogP contribution in [0.4, 0.5) is 17.3 Å². The van der Waals surface area contributed by atoms with E-state index in [2.05, 4.69) is 20.7 Å². The lowest BCUT2D eigenvalue weighted by Gasteiger charge is -2.29. The number of fused-ring (bicyclic) bond motifs is 1. The number of nitrogens with one attached hydrogen (secondary N) is 2. The molecule has 0 radical (unpaired) electrons. The van der Waals surface area contributed by atoms with Crippen molar-refractivity contribution in [1.82, 2.24) is 14.8 Å². The average Bonchev–Trinajstić information content (AvgIpc) is 3.26. The SMILES string of the molecule is COc1ccc(OC)c(NC(=O)C2=C(C)Nc3ncnn3[C@H]2c2ccc(N(C)C)cc2)c1. The highest BCUT2D eigenvalue weighted by atomic mass is 16.5. The number of benzene rings is 2. The molecule has 4 rings (SSSR count). The van der Waals surface area contributed by atoms with Crippen LogP contribution in [0.3, 0.4) is 0 Å². The maximum Gasteiger partial charge on any atom is 0.255 e. The van der Waals surface area contributed by atoms with E-state index in [0.29, 0.717) is 34.4 Å². The lowest BCUT2D eigenvalue weighted by atomic mass is 9.94. The summed E-state index contributed by atoms with van der Waals surface area (Å²) in [6, 6.07) is 12.9. The van der Waals surface area contributed by atoms with Gasteiger partial charge in [0.25, 0.3) is 5.91 Å². The molecule has 1 atom stereocenters. The molecule has 2 aromatic carbocycles. The van der Waals surface area contributed by atoms with Crippen LogP contribution in [-0.4, -0.2) is 49.0 Å². The molecule has 9 nitrogen and oxygen atoms in total. The van der Waals surface area contributed by atoms with E-state index in [0.717, 1.165) is 11.3 Å². The molecule has 1 aromatic heterocycles. The Bertz CT molecular complexity index is 1170. The maximum atomic E-state index is 13.6. The van der Waals surface area contributed by atoms with Gasteiger partial charge in [0, 0.05) is 31.5 Å². The van der Waals surface area contributed by atoms with Gasteiger partial charge in [-0.3, -0.25) is 4.79 Å². The number of carbonyl (C=O) groups excluding carboxylic acids is 1. The highest BCUT2D eigenvalue weighted by Gasteiger charge is 2.33. The second-order valence-electron chi connectivity index (χ2n) is 7.60. The summed E-state index contributed by atoms with van der Waals surface area (Å²) in [7, 11) is 7.10. The largest absolute Gasteiger partial charge is 0.497 e. The minimum atomic E-state index is -0.443. The molecular formula is C23H26N6O3. The fourth-order valence-corrected chi connectivity index (χ4v) is 3.75. The quantitative estimate of drug-likeness (QED) is 0.615. The van der Waals surface area contributed by atoms with Gasteiger partial charge in [-0.15, -0.1) is 0 Å². The van der Waals surface area contributed by atoms with Crippen LogP contribution in [0.25, 0.3) is 0 Å². The third kappa shape index (κ3) is 3.84. The van der Waals surface area contributed by atoms with Crippen molar-refractivity contribution in [1.29, 1.82) is 0 Å². The highest BCUT2D eigenvalue weighted by molar-refractivity contribution is 6.06. The predicted molar refractivity (Wildman–Crippen MR) is 123 cm³/mol. The standard InChI is InChI=1S/C23H26N6O3/c1-14-20(22(30)27-18-12-17(31-4)10-11-19(18)32-5)21(29-23(26-14)24-13-25-29)15-6-8-16(9-7-15)28(2)3/h6-13,21H,1-5H3,(H,27,30)(H,24,25,26)/t21-/m0/s1. The number of anilines is 3. The summed E-state index contributed by atoms with van der Waals surface area (Å²) in [5.74, 6) is 1.46. The average molecular weight is 435 g/mol. The van der Waals surface area contributed by atoms with Crippen molar-refractivity contribution in [3.8, 4) is 11.5 Å². The smallest absolute Gasteiger partial charge is 0.255 e. The summed E-state index contributed by atoms with van der Waals surface area (Å²) in [5, 5.41) is 10.5. The topological polar surface area (TPSA) is 93.5 Å². The summed E-state index contributed by atoms with van der Waals surface area (Å²) < 4.78 is 12.4. The minimum Gasteiger partial charge on any atom is -0.497 e. The molecule has 2 N–H and O–H groups in total. The van der Waals surface area contributed by atoms with Crippen LogP contribution in [0.1, 0.15) is 18.5 Å². The number of nitrogens with zero attached hydrogens (tertiary/aromatic N) is 4. The van der Waals surface area contributed by atoms with E-state index in [1.165, 1.54) is 6.33 Å². The minimum absolute atomic E-state index is 0.274. The number of hydrogen-bond acceptors (Lipinski definition) is 7. The van der Waals surface area contributed by atoms with Gasteiger partial charge in [-0.2, -0.15) is 10.1 Å². The van der Waals surface area contributed by atoms with Gasteiger partial charge in [0.2, 0.25) is 5.95 Å². The van der Waals surface area contributed by atoms with Gasteiger partial charge in [0.05, 0.1) is 25.5 Å². The molecule has 0 unspecified atom stereocenters. The van der Waals surface area contributed by atoms with Crippen LogP contribution in [0.15, 0.2) is 60.1 Å². The second-order valence-corrected chi connectivity index (χ2v) is 7.60. The van der Waals surface area contributed by atoms with Gasteiger partial charge in [0.1, 0.15) is 23.9 Å². The van der Waals surface area contributed by atoms with Gasteiger partial charge >= 0.3 is 0 Å². The number of allylic oxidation sites excluding steroid dienone is 1. The molecule has 3 aromatic rings. The Morgan fingerprint density at radius 3 is 2.53 bits per heavy atom. The van der Waals surface area contributed by atoms with E-state index in [4.69, 9.17) is 9.47 Å². The molecule has 1 aliphatic rings. The van der Waals surface area contributed by atoms with Gasteiger partial charge < -0.3 is 25.0 Å². The molecular weight excluding hydrogens is 408 g/mol. The van der Waals surface area contributed by atoms with Gasteiger partial charge in [0.15, 0.2) is 0 Å². The Hall–Kier alpha value is -4.01. The monoisotopic (exact) mass is 434 g/mol. The fourth-order valence-electron chi connectivity index (χ4n) is 3.75. The van der Waals surface area contributed by atoms with Crippen molar-refractivity contribution in [3.63, 3.8) is 0 Å². The number of carbonyl (C=O) groups is 1. The van der Waals surface area contributed by atoms with E-state index in [9.17, 15) is 4.79 Å². The van der Waals surface area contributed by atoms with Crippen molar-refractivity contribution in [2.24, 2.45) is 0 Å². The third-order valence-corrected chi connectivity index (χ3v) is 5.42. The molecule has 1 amide bonds. The molecule has 2 heterocycles. The van der Waals surface area contributed by atoms with Gasteiger partial charge in [-0.1, -0.05) is 12.1 Å². The Morgan fingerprint density at radius 1 is 1.12 bits per heavy atom. The van der Waals surface area contributed by atoms with Crippen molar-refractivity contribution in [2.45, 2.75) is 13.0 Å². The third-order valence-electron chi connectivity index (χ3n) is 5.42. The summed E-state index contributed by atoms with van der Waals surface area (Å²) >= 11 is 0. The first kappa shape index (κ1) is 21.2. The van der Waals surface area contributed by atoms with Crippen molar-refractivity contribution in [3.05, 3.63) is 65.6 Å². The van der Waals surface area contributed by atoms with Gasteiger partial charge in [-0.25, -0.2) is 4.68 Å². The first-order valence-electron chi connectivity index (χ1n) is 10.1. The summed E-state index contributed by atoms with van der Waals surface area (Å²) in [6.45, 7) is 1.86. The highest BCUT2D eigenvalue weighted by Crippen LogP contribution is 2.37. The van der Waals surface area contributed by atoms with Crippen LogP contribution < -0.4 is 25.0 Å². The molecule has 166 valence electrons. The predicted octanol–water partition coefficient (Wildman–Crippen LogP) is 3.29. The lowest BCUT2D eigenvalue weighted by molar-refractivity contribution is -0.113. The summed E-state index contributed by atoms with van der Waals surface area (Å²) in [5.41, 5.74) is 3.74. The zero-order valence-corrected chi connectivity index (χ0v) is 18.7. The Balaban J connectivity index is 1.74. The van der Waals surface area contributed by atoms with Gasteiger partial charge in [-0.05, 0) is 36.8 Å². The van der Waals surface area contributed by atoms with Crippen LogP contribution >= 0.6 is 0 Å². The first-order chi connectivity index (χ1) is 15.4. The lowest BCUT2D eigenvalue weighted by Crippen LogP contribution is -2.31. The van der Waals surface area contributed by atoms with Crippen molar-refractivity contribution >= 4 is 23.2 Å². The normalized spacial score (nSPS) is 15.0. The zero-order chi connectivity index (χ0) is 22.8. The molecule has 0 fully saturated rings. The number of hydrogen-bond donors (Lipinski definition) is 2. The number of amides is 1. The van der Waals surface area contributed by atoms with E-state index in [1.807, 2.05) is 50.2 Å². The molecule has 32 heavy (non-hydrogen) atoms. The molecule has 9 heteroatoms. The summed E-state index contributed by atoms with van der Waals surface area (Å²) in [6.07, 6.45) is 1.47. The molecule has 1 aliphatic heterocycles.